The molecule has 0 saturated heterocycles. The number of nitrogens with zero attached hydrogens (tertiary/aromatic N) is 1. The molecule has 0 atom stereocenters. The molecule has 0 amide bonds. The minimum atomic E-state index is -0.322. The normalized spacial score (nSPS) is 16.9. The van der Waals surface area contributed by atoms with E-state index in [1.54, 1.807) is 13.2 Å². The Morgan fingerprint density at radius 3 is 2.56 bits per heavy atom. The number of benzene rings is 1. The average Bonchev–Trinajstić information content (AvgIpc) is 2.33. The summed E-state index contributed by atoms with van der Waals surface area (Å²) in [5, 5.41) is 0. The van der Waals surface area contributed by atoms with E-state index < -0.39 is 0 Å². The molecule has 3 heteroatoms. The number of ether oxygens (including phenoxy) is 1. The van der Waals surface area contributed by atoms with Gasteiger partial charge in [0.05, 0.1) is 12.6 Å². The molecular weight excluding hydrogens is 226 g/mol. The summed E-state index contributed by atoms with van der Waals surface area (Å²) in [6.07, 6.45) is 4.72. The largest absolute Gasteiger partial charge is 0.496 e. The van der Waals surface area contributed by atoms with E-state index in [2.05, 4.69) is 24.9 Å². The first-order valence-electron chi connectivity index (χ1n) is 6.40. The molecule has 1 aliphatic carbocycles. The summed E-state index contributed by atoms with van der Waals surface area (Å²) in [7, 11) is 1.68. The first kappa shape index (κ1) is 12.8. The minimum Gasteiger partial charge on any atom is -0.496 e. The van der Waals surface area contributed by atoms with Gasteiger partial charge in [-0.15, -0.1) is 0 Å². The van der Waals surface area contributed by atoms with E-state index in [4.69, 9.17) is 4.74 Å². The molecule has 0 spiro atoms. The lowest BCUT2D eigenvalue weighted by Gasteiger charge is -2.37. The zero-order valence-electron chi connectivity index (χ0n) is 11.2. The van der Waals surface area contributed by atoms with E-state index in [1.165, 1.54) is 5.56 Å². The minimum absolute atomic E-state index is 0.322. The second kappa shape index (κ2) is 4.95. The fraction of sp³-hybridized carbons (Fsp3) is 0.533. The van der Waals surface area contributed by atoms with Gasteiger partial charge in [0.25, 0.3) is 0 Å². The molecule has 18 heavy (non-hydrogen) atoms. The summed E-state index contributed by atoms with van der Waals surface area (Å²) in [5.74, 6) is 1.29. The Balaban J connectivity index is 2.46. The van der Waals surface area contributed by atoms with Crippen LogP contribution in [0.15, 0.2) is 23.2 Å². The zero-order chi connectivity index (χ0) is 13.2. The lowest BCUT2D eigenvalue weighted by Crippen LogP contribution is -2.32. The number of rotatable bonds is 4. The van der Waals surface area contributed by atoms with Crippen molar-refractivity contribution in [2.24, 2.45) is 4.99 Å². The van der Waals surface area contributed by atoms with Crippen molar-refractivity contribution in [1.29, 1.82) is 0 Å². The summed E-state index contributed by atoms with van der Waals surface area (Å²) >= 11 is 0. The highest BCUT2D eigenvalue weighted by Crippen LogP contribution is 2.46. The van der Waals surface area contributed by atoms with Crippen LogP contribution in [0.4, 0.5) is 0 Å². The van der Waals surface area contributed by atoms with E-state index in [0.29, 0.717) is 5.92 Å². The molecule has 1 aromatic carbocycles. The topological polar surface area (TPSA) is 38.7 Å². The number of hydrogen-bond acceptors (Lipinski definition) is 3. The van der Waals surface area contributed by atoms with Crippen LogP contribution >= 0.6 is 0 Å². The fourth-order valence-electron chi connectivity index (χ4n) is 2.54. The van der Waals surface area contributed by atoms with Crippen LogP contribution in [0.5, 0.6) is 5.75 Å². The first-order chi connectivity index (χ1) is 8.63. The highest BCUT2D eigenvalue weighted by molar-refractivity contribution is 5.45. The smallest absolute Gasteiger partial charge is 0.235 e. The van der Waals surface area contributed by atoms with Crippen LogP contribution in [-0.4, -0.2) is 13.2 Å². The summed E-state index contributed by atoms with van der Waals surface area (Å²) < 4.78 is 5.38. The molecular formula is C15H19NO2. The van der Waals surface area contributed by atoms with Gasteiger partial charge in [-0.1, -0.05) is 19.9 Å². The summed E-state index contributed by atoms with van der Waals surface area (Å²) in [5.41, 5.74) is 1.96. The molecule has 0 radical (unpaired) electrons. The number of isocyanates is 1. The summed E-state index contributed by atoms with van der Waals surface area (Å²) in [4.78, 5) is 14.7. The van der Waals surface area contributed by atoms with Crippen LogP contribution in [0.2, 0.25) is 0 Å². The van der Waals surface area contributed by atoms with E-state index >= 15 is 0 Å². The number of methoxy groups -OCH3 is 1. The zero-order valence-corrected chi connectivity index (χ0v) is 11.2. The lowest BCUT2D eigenvalue weighted by molar-refractivity contribution is 0.255. The van der Waals surface area contributed by atoms with Gasteiger partial charge in [-0.05, 0) is 48.4 Å². The second-order valence-electron chi connectivity index (χ2n) is 5.20. The van der Waals surface area contributed by atoms with Crippen molar-refractivity contribution in [3.05, 3.63) is 29.3 Å². The molecule has 1 saturated carbocycles. The van der Waals surface area contributed by atoms with Crippen LogP contribution in [0.1, 0.15) is 50.2 Å². The van der Waals surface area contributed by atoms with Crippen molar-refractivity contribution in [2.45, 2.75) is 44.6 Å². The highest BCUT2D eigenvalue weighted by Gasteiger charge is 2.39. The van der Waals surface area contributed by atoms with Gasteiger partial charge in [0.1, 0.15) is 5.75 Å². The second-order valence-corrected chi connectivity index (χ2v) is 5.20. The van der Waals surface area contributed by atoms with Crippen LogP contribution in [-0.2, 0) is 10.3 Å². The third-order valence-corrected chi connectivity index (χ3v) is 3.83. The molecule has 0 bridgehead atoms. The van der Waals surface area contributed by atoms with Gasteiger partial charge in [0, 0.05) is 0 Å². The third kappa shape index (κ3) is 2.06. The molecule has 0 aliphatic heterocycles. The standard InChI is InChI=1S/C15H19NO2/c1-11(2)13-9-12(5-6-14(13)18-3)15(16-10-17)7-4-8-15/h5-6,9,11H,4,7-8H2,1-3H3. The molecule has 1 fully saturated rings. The molecule has 2 rings (SSSR count). The molecule has 0 aromatic heterocycles. The van der Waals surface area contributed by atoms with Crippen LogP contribution in [0.25, 0.3) is 0 Å². The van der Waals surface area contributed by atoms with Crippen molar-refractivity contribution >= 4 is 6.08 Å². The Morgan fingerprint density at radius 2 is 2.11 bits per heavy atom. The van der Waals surface area contributed by atoms with Gasteiger partial charge in [-0.25, -0.2) is 4.79 Å². The lowest BCUT2D eigenvalue weighted by atomic mass is 9.72. The molecule has 0 N–H and O–H groups in total. The molecule has 0 heterocycles. The van der Waals surface area contributed by atoms with Crippen molar-refractivity contribution in [3.8, 4) is 5.75 Å². The van der Waals surface area contributed by atoms with Gasteiger partial charge in [-0.3, -0.25) is 0 Å². The van der Waals surface area contributed by atoms with E-state index in [0.717, 1.165) is 30.6 Å². The van der Waals surface area contributed by atoms with Crippen LogP contribution in [0, 0.1) is 0 Å². The van der Waals surface area contributed by atoms with Gasteiger partial charge in [-0.2, -0.15) is 4.99 Å². The van der Waals surface area contributed by atoms with E-state index in [9.17, 15) is 4.79 Å². The highest BCUT2D eigenvalue weighted by atomic mass is 16.5. The first-order valence-corrected chi connectivity index (χ1v) is 6.40. The Labute approximate surface area is 108 Å². The van der Waals surface area contributed by atoms with Crippen molar-refractivity contribution < 1.29 is 9.53 Å². The number of hydrogen-bond donors (Lipinski definition) is 0. The molecule has 96 valence electrons. The SMILES string of the molecule is COc1ccc(C2(N=C=O)CCC2)cc1C(C)C. The van der Waals surface area contributed by atoms with Gasteiger partial charge in [0.15, 0.2) is 0 Å². The maximum absolute atomic E-state index is 10.6. The number of aliphatic imine (C=N–C) groups is 1. The van der Waals surface area contributed by atoms with Crippen molar-refractivity contribution in [2.75, 3.05) is 7.11 Å². The van der Waals surface area contributed by atoms with Gasteiger partial charge in [0.2, 0.25) is 6.08 Å². The van der Waals surface area contributed by atoms with Crippen LogP contribution < -0.4 is 4.74 Å². The Morgan fingerprint density at radius 1 is 1.39 bits per heavy atom. The van der Waals surface area contributed by atoms with E-state index in [-0.39, 0.29) is 5.54 Å². The maximum Gasteiger partial charge on any atom is 0.235 e. The quantitative estimate of drug-likeness (QED) is 0.601. The monoisotopic (exact) mass is 245 g/mol. The third-order valence-electron chi connectivity index (χ3n) is 3.83. The van der Waals surface area contributed by atoms with E-state index in [1.807, 2.05) is 12.1 Å². The maximum atomic E-state index is 10.6. The van der Waals surface area contributed by atoms with Crippen molar-refractivity contribution in [3.63, 3.8) is 0 Å². The van der Waals surface area contributed by atoms with Crippen molar-refractivity contribution in [1.82, 2.24) is 0 Å². The Kier molecular flexibility index (Phi) is 3.53. The Hall–Kier alpha value is -1.60. The summed E-state index contributed by atoms with van der Waals surface area (Å²) in [6.45, 7) is 4.27. The molecule has 0 unspecified atom stereocenters. The Bertz CT molecular complexity index is 483. The predicted octanol–water partition coefficient (Wildman–Crippen LogP) is 3.53. The molecule has 1 aliphatic rings. The number of carbonyl (C=O) groups excluding carboxylic acids is 1. The van der Waals surface area contributed by atoms with Gasteiger partial charge < -0.3 is 4.74 Å². The van der Waals surface area contributed by atoms with Crippen LogP contribution in [0.3, 0.4) is 0 Å². The average molecular weight is 245 g/mol. The summed E-state index contributed by atoms with van der Waals surface area (Å²) in [6, 6.07) is 6.12. The predicted molar refractivity (Wildman–Crippen MR) is 70.7 cm³/mol. The van der Waals surface area contributed by atoms with Gasteiger partial charge >= 0.3 is 0 Å². The molecule has 1 aromatic rings. The molecule has 3 nitrogen and oxygen atoms in total. The fourth-order valence-corrected chi connectivity index (χ4v) is 2.54.